The maximum absolute atomic E-state index is 11.2. The first-order chi connectivity index (χ1) is 8.08. The molecule has 1 aromatic rings. The summed E-state index contributed by atoms with van der Waals surface area (Å²) in [6, 6.07) is 0. The van der Waals surface area contributed by atoms with Gasteiger partial charge in [-0.05, 0) is 24.8 Å². The Kier molecular flexibility index (Phi) is 4.49. The molecule has 1 heterocycles. The van der Waals surface area contributed by atoms with E-state index in [2.05, 4.69) is 6.92 Å². The molecule has 0 spiro atoms. The average molecular weight is 237 g/mol. The Labute approximate surface area is 101 Å². The Morgan fingerprint density at radius 3 is 2.47 bits per heavy atom. The van der Waals surface area contributed by atoms with Gasteiger partial charge in [0.05, 0.1) is 11.3 Å². The summed E-state index contributed by atoms with van der Waals surface area (Å²) in [7, 11) is 1.76. The maximum atomic E-state index is 11.2. The summed E-state index contributed by atoms with van der Waals surface area (Å²) < 4.78 is 1.73. The van der Waals surface area contributed by atoms with E-state index in [9.17, 15) is 14.7 Å². The molecule has 0 saturated carbocycles. The smallest absolute Gasteiger partial charge is 0.338 e. The molecule has 1 aromatic heterocycles. The number of unbranched alkanes of at least 4 members (excludes halogenated alkanes) is 1. The van der Waals surface area contributed by atoms with Crippen molar-refractivity contribution in [3.63, 3.8) is 0 Å². The van der Waals surface area contributed by atoms with E-state index in [0.717, 1.165) is 30.5 Å². The van der Waals surface area contributed by atoms with E-state index in [1.165, 1.54) is 0 Å². The summed E-state index contributed by atoms with van der Waals surface area (Å²) in [5.41, 5.74) is 2.24. The van der Waals surface area contributed by atoms with Gasteiger partial charge in [0.2, 0.25) is 0 Å². The van der Waals surface area contributed by atoms with Gasteiger partial charge in [0, 0.05) is 12.7 Å². The molecule has 0 bridgehead atoms. The number of nitrogens with zero attached hydrogens (tertiary/aromatic N) is 1. The van der Waals surface area contributed by atoms with E-state index in [-0.39, 0.29) is 11.3 Å². The number of hydrogen-bond donors (Lipinski definition) is 1. The van der Waals surface area contributed by atoms with Crippen LogP contribution in [0.1, 0.15) is 58.8 Å². The van der Waals surface area contributed by atoms with Crippen LogP contribution in [0.4, 0.5) is 0 Å². The van der Waals surface area contributed by atoms with E-state index in [1.54, 1.807) is 11.6 Å². The largest absolute Gasteiger partial charge is 0.478 e. The summed E-state index contributed by atoms with van der Waals surface area (Å²) in [5, 5.41) is 9.20. The molecule has 1 N–H and O–H groups in total. The van der Waals surface area contributed by atoms with Gasteiger partial charge in [0.25, 0.3) is 0 Å². The minimum atomic E-state index is -1.01. The predicted octanol–water partition coefficient (Wildman–Crippen LogP) is 2.44. The first-order valence-electron chi connectivity index (χ1n) is 5.97. The molecule has 0 aromatic carbocycles. The summed E-state index contributed by atoms with van der Waals surface area (Å²) in [5.74, 6) is -1.01. The second-order valence-electron chi connectivity index (χ2n) is 4.12. The van der Waals surface area contributed by atoms with Crippen LogP contribution in [0.15, 0.2) is 0 Å². The maximum Gasteiger partial charge on any atom is 0.338 e. The highest BCUT2D eigenvalue weighted by Crippen LogP contribution is 2.23. The van der Waals surface area contributed by atoms with Gasteiger partial charge in [-0.1, -0.05) is 20.3 Å². The molecule has 17 heavy (non-hydrogen) atoms. The second kappa shape index (κ2) is 5.66. The highest BCUT2D eigenvalue weighted by molar-refractivity contribution is 5.98. The number of hydrogen-bond acceptors (Lipinski definition) is 2. The summed E-state index contributed by atoms with van der Waals surface area (Å²) in [6.45, 7) is 4.01. The molecule has 0 unspecified atom stereocenters. The van der Waals surface area contributed by atoms with Crippen molar-refractivity contribution in [1.82, 2.24) is 4.57 Å². The molecule has 0 radical (unpaired) electrons. The van der Waals surface area contributed by atoms with Crippen molar-refractivity contribution in [2.75, 3.05) is 0 Å². The van der Waals surface area contributed by atoms with Gasteiger partial charge in [0.15, 0.2) is 6.29 Å². The fraction of sp³-hybridized carbons (Fsp3) is 0.538. The lowest BCUT2D eigenvalue weighted by atomic mass is 10.0. The van der Waals surface area contributed by atoms with Crippen molar-refractivity contribution in [2.45, 2.75) is 39.5 Å². The Hall–Kier alpha value is -1.58. The van der Waals surface area contributed by atoms with Crippen LogP contribution in [0.2, 0.25) is 0 Å². The Balaban J connectivity index is 3.38. The van der Waals surface area contributed by atoms with E-state index in [4.69, 9.17) is 0 Å². The predicted molar refractivity (Wildman–Crippen MR) is 65.7 cm³/mol. The number of rotatable bonds is 6. The number of carbonyl (C=O) groups is 2. The third-order valence-electron chi connectivity index (χ3n) is 3.12. The van der Waals surface area contributed by atoms with Crippen molar-refractivity contribution in [2.24, 2.45) is 7.05 Å². The van der Waals surface area contributed by atoms with Gasteiger partial charge < -0.3 is 9.67 Å². The van der Waals surface area contributed by atoms with Gasteiger partial charge in [0.1, 0.15) is 0 Å². The average Bonchev–Trinajstić information content (AvgIpc) is 2.58. The van der Waals surface area contributed by atoms with Crippen LogP contribution >= 0.6 is 0 Å². The summed E-state index contributed by atoms with van der Waals surface area (Å²) in [4.78, 5) is 22.3. The van der Waals surface area contributed by atoms with Crippen molar-refractivity contribution >= 4 is 12.3 Å². The second-order valence-corrected chi connectivity index (χ2v) is 4.12. The normalized spacial score (nSPS) is 10.5. The molecular formula is C13H19NO3. The molecule has 0 saturated heterocycles. The molecule has 0 aliphatic rings. The Morgan fingerprint density at radius 2 is 2.06 bits per heavy atom. The molecule has 1 rings (SSSR count). The van der Waals surface area contributed by atoms with E-state index in [1.807, 2.05) is 6.92 Å². The van der Waals surface area contributed by atoms with E-state index in [0.29, 0.717) is 12.7 Å². The third kappa shape index (κ3) is 2.40. The molecule has 0 amide bonds. The topological polar surface area (TPSA) is 59.3 Å². The zero-order valence-electron chi connectivity index (χ0n) is 10.6. The summed E-state index contributed by atoms with van der Waals surface area (Å²) in [6.07, 6.45) is 4.15. The van der Waals surface area contributed by atoms with Crippen molar-refractivity contribution in [3.8, 4) is 0 Å². The minimum absolute atomic E-state index is 0.177. The minimum Gasteiger partial charge on any atom is -0.478 e. The highest BCUT2D eigenvalue weighted by Gasteiger charge is 2.23. The van der Waals surface area contributed by atoms with Crippen molar-refractivity contribution in [3.05, 3.63) is 22.5 Å². The van der Waals surface area contributed by atoms with E-state index >= 15 is 0 Å². The standard InChI is InChI=1S/C13H19NO3/c1-4-6-7-10-9(5-2)12(13(16)17)11(8-15)14(10)3/h8H,4-7H2,1-3H3,(H,16,17). The zero-order chi connectivity index (χ0) is 13.0. The number of aromatic nitrogens is 1. The molecule has 4 nitrogen and oxygen atoms in total. The fourth-order valence-corrected chi connectivity index (χ4v) is 2.23. The monoisotopic (exact) mass is 237 g/mol. The molecule has 0 aliphatic carbocycles. The molecular weight excluding hydrogens is 218 g/mol. The molecule has 94 valence electrons. The quantitative estimate of drug-likeness (QED) is 0.773. The van der Waals surface area contributed by atoms with Crippen LogP contribution in [0.5, 0.6) is 0 Å². The van der Waals surface area contributed by atoms with Gasteiger partial charge in [-0.2, -0.15) is 0 Å². The van der Waals surface area contributed by atoms with Gasteiger partial charge in [-0.3, -0.25) is 4.79 Å². The molecule has 4 heteroatoms. The first-order valence-corrected chi connectivity index (χ1v) is 5.97. The first kappa shape index (κ1) is 13.5. The Bertz CT molecular complexity index is 432. The van der Waals surface area contributed by atoms with E-state index < -0.39 is 5.97 Å². The van der Waals surface area contributed by atoms with Crippen LogP contribution < -0.4 is 0 Å². The zero-order valence-corrected chi connectivity index (χ0v) is 10.6. The number of carbonyl (C=O) groups excluding carboxylic acids is 1. The lowest BCUT2D eigenvalue weighted by molar-refractivity contribution is 0.0692. The van der Waals surface area contributed by atoms with Gasteiger partial charge in [-0.15, -0.1) is 0 Å². The lowest BCUT2D eigenvalue weighted by Crippen LogP contribution is -2.04. The van der Waals surface area contributed by atoms with Crippen LogP contribution in [0.3, 0.4) is 0 Å². The van der Waals surface area contributed by atoms with Gasteiger partial charge in [-0.25, -0.2) is 4.79 Å². The van der Waals surface area contributed by atoms with Crippen LogP contribution in [0.25, 0.3) is 0 Å². The van der Waals surface area contributed by atoms with Crippen LogP contribution in [-0.2, 0) is 19.9 Å². The SMILES string of the molecule is CCCCc1c(CC)c(C(=O)O)c(C=O)n1C. The van der Waals surface area contributed by atoms with Crippen molar-refractivity contribution in [1.29, 1.82) is 0 Å². The third-order valence-corrected chi connectivity index (χ3v) is 3.12. The lowest BCUT2D eigenvalue weighted by Gasteiger charge is -2.05. The molecule has 0 aliphatic heterocycles. The number of carboxylic acids is 1. The van der Waals surface area contributed by atoms with Crippen molar-refractivity contribution < 1.29 is 14.7 Å². The molecule has 0 fully saturated rings. The fourth-order valence-electron chi connectivity index (χ4n) is 2.23. The number of aromatic carboxylic acids is 1. The summed E-state index contributed by atoms with van der Waals surface area (Å²) >= 11 is 0. The number of carboxylic acid groups (broad SMARTS) is 1. The Morgan fingerprint density at radius 1 is 1.41 bits per heavy atom. The van der Waals surface area contributed by atoms with Crippen LogP contribution in [-0.4, -0.2) is 21.9 Å². The highest BCUT2D eigenvalue weighted by atomic mass is 16.4. The van der Waals surface area contributed by atoms with Crippen LogP contribution in [0, 0.1) is 0 Å². The number of aldehydes is 1. The van der Waals surface area contributed by atoms with Gasteiger partial charge >= 0.3 is 5.97 Å². The molecule has 0 atom stereocenters.